The largest absolute Gasteiger partial charge is 0.337 e. The highest BCUT2D eigenvalue weighted by Gasteiger charge is 2.06. The van der Waals surface area contributed by atoms with Gasteiger partial charge in [-0.05, 0) is 29.7 Å². The lowest BCUT2D eigenvalue weighted by molar-refractivity contribution is 0.241. The molecule has 1 atom stereocenters. The minimum absolute atomic E-state index is 0.0470. The van der Waals surface area contributed by atoms with Crippen LogP contribution in [-0.4, -0.2) is 33.3 Å². The van der Waals surface area contributed by atoms with Crippen molar-refractivity contribution in [3.8, 4) is 0 Å². The van der Waals surface area contributed by atoms with Crippen LogP contribution in [0.25, 0.3) is 10.9 Å². The summed E-state index contributed by atoms with van der Waals surface area (Å²) in [5, 5.41) is 5.82. The van der Waals surface area contributed by atoms with Crippen LogP contribution in [0.3, 0.4) is 0 Å². The maximum atomic E-state index is 13.1. The first kappa shape index (κ1) is 17.1. The van der Waals surface area contributed by atoms with Gasteiger partial charge in [0.15, 0.2) is 0 Å². The summed E-state index contributed by atoms with van der Waals surface area (Å²) in [6, 6.07) is 5.29. The molecule has 6 nitrogen and oxygen atoms in total. The van der Waals surface area contributed by atoms with Crippen molar-refractivity contribution in [1.82, 2.24) is 15.6 Å². The first-order chi connectivity index (χ1) is 11.0. The number of H-pyrrole nitrogens is 1. The molecule has 0 spiro atoms. The number of benzene rings is 1. The third kappa shape index (κ3) is 4.88. The summed E-state index contributed by atoms with van der Waals surface area (Å²) >= 11 is 0. The normalized spacial score (nSPS) is 12.1. The molecule has 23 heavy (non-hydrogen) atoms. The minimum atomic E-state index is -0.933. The Morgan fingerprint density at radius 2 is 2.09 bits per heavy atom. The molecule has 2 rings (SSSR count). The van der Waals surface area contributed by atoms with Gasteiger partial charge in [0.2, 0.25) is 0 Å². The fourth-order valence-corrected chi connectivity index (χ4v) is 2.63. The number of hydrogen-bond donors (Lipinski definition) is 3. The zero-order valence-corrected chi connectivity index (χ0v) is 13.5. The lowest BCUT2D eigenvalue weighted by Crippen LogP contribution is -2.38. The van der Waals surface area contributed by atoms with E-state index in [0.717, 1.165) is 0 Å². The monoisotopic (exact) mass is 339 g/mol. The molecule has 0 saturated heterocycles. The van der Waals surface area contributed by atoms with Crippen LogP contribution in [0, 0.1) is 5.82 Å². The molecule has 0 aliphatic rings. The summed E-state index contributed by atoms with van der Waals surface area (Å²) < 4.78 is 24.3. The number of pyridine rings is 1. The van der Waals surface area contributed by atoms with Crippen LogP contribution in [0.5, 0.6) is 0 Å². The van der Waals surface area contributed by atoms with Crippen molar-refractivity contribution in [1.29, 1.82) is 0 Å². The van der Waals surface area contributed by atoms with Crippen molar-refractivity contribution in [2.45, 2.75) is 13.5 Å². The number of amides is 2. The number of fused-ring (bicyclic) bond motifs is 1. The average Bonchev–Trinajstić information content (AvgIpc) is 2.52. The number of urea groups is 1. The van der Waals surface area contributed by atoms with Gasteiger partial charge in [-0.1, -0.05) is 6.92 Å². The van der Waals surface area contributed by atoms with Gasteiger partial charge in [-0.3, -0.25) is 9.00 Å². The lowest BCUT2D eigenvalue weighted by atomic mass is 10.1. The van der Waals surface area contributed by atoms with E-state index in [1.54, 1.807) is 12.1 Å². The Morgan fingerprint density at radius 1 is 1.30 bits per heavy atom. The van der Waals surface area contributed by atoms with Crippen LogP contribution in [0.15, 0.2) is 29.1 Å². The molecule has 1 aromatic heterocycles. The average molecular weight is 339 g/mol. The zero-order valence-electron chi connectivity index (χ0n) is 12.6. The summed E-state index contributed by atoms with van der Waals surface area (Å²) in [6.45, 7) is 2.17. The molecule has 0 aliphatic carbocycles. The highest BCUT2D eigenvalue weighted by molar-refractivity contribution is 7.84. The van der Waals surface area contributed by atoms with E-state index in [1.165, 1.54) is 12.1 Å². The highest BCUT2D eigenvalue weighted by atomic mass is 32.2. The van der Waals surface area contributed by atoms with Crippen molar-refractivity contribution in [3.05, 3.63) is 46.0 Å². The van der Waals surface area contributed by atoms with Gasteiger partial charge in [0, 0.05) is 41.0 Å². The summed E-state index contributed by atoms with van der Waals surface area (Å²) in [5.41, 5.74) is 0.400. The molecule has 1 aromatic carbocycles. The van der Waals surface area contributed by atoms with Gasteiger partial charge in [0.25, 0.3) is 5.56 Å². The van der Waals surface area contributed by atoms with Crippen molar-refractivity contribution in [2.24, 2.45) is 0 Å². The Kier molecular flexibility index (Phi) is 5.86. The predicted molar refractivity (Wildman–Crippen MR) is 88.3 cm³/mol. The van der Waals surface area contributed by atoms with E-state index < -0.39 is 22.6 Å². The van der Waals surface area contributed by atoms with E-state index in [4.69, 9.17) is 0 Å². The molecule has 8 heteroatoms. The molecule has 124 valence electrons. The molecule has 0 aliphatic heterocycles. The number of hydrogen-bond acceptors (Lipinski definition) is 3. The summed E-state index contributed by atoms with van der Waals surface area (Å²) in [6.07, 6.45) is 0. The van der Waals surface area contributed by atoms with Gasteiger partial charge < -0.3 is 15.6 Å². The van der Waals surface area contributed by atoms with Gasteiger partial charge in [-0.2, -0.15) is 0 Å². The van der Waals surface area contributed by atoms with Crippen molar-refractivity contribution >= 4 is 27.7 Å². The van der Waals surface area contributed by atoms with E-state index in [0.29, 0.717) is 34.5 Å². The Balaban J connectivity index is 1.95. The van der Waals surface area contributed by atoms with Crippen LogP contribution in [-0.2, 0) is 17.3 Å². The van der Waals surface area contributed by atoms with Gasteiger partial charge in [-0.25, -0.2) is 9.18 Å². The number of rotatable bonds is 6. The highest BCUT2D eigenvalue weighted by Crippen LogP contribution is 2.12. The fraction of sp³-hybridized carbons (Fsp3) is 0.333. The predicted octanol–water partition coefficient (Wildman–Crippen LogP) is 1.23. The number of nitrogens with one attached hydrogen (secondary N) is 3. The molecular formula is C15H18FN3O3S. The number of carbonyl (C=O) groups is 1. The van der Waals surface area contributed by atoms with E-state index in [-0.39, 0.29) is 12.1 Å². The van der Waals surface area contributed by atoms with Crippen molar-refractivity contribution in [3.63, 3.8) is 0 Å². The van der Waals surface area contributed by atoms with Crippen LogP contribution in [0.1, 0.15) is 12.5 Å². The molecular weight excluding hydrogens is 321 g/mol. The summed E-state index contributed by atoms with van der Waals surface area (Å²) in [7, 11) is -0.933. The molecule has 0 bridgehead atoms. The Morgan fingerprint density at radius 3 is 2.83 bits per heavy atom. The number of aromatic amines is 1. The Hall–Kier alpha value is -2.22. The number of aromatic nitrogens is 1. The molecule has 1 unspecified atom stereocenters. The van der Waals surface area contributed by atoms with E-state index >= 15 is 0 Å². The van der Waals surface area contributed by atoms with E-state index in [9.17, 15) is 18.2 Å². The van der Waals surface area contributed by atoms with Crippen LogP contribution in [0.4, 0.5) is 9.18 Å². The SMILES string of the molecule is CCS(=O)CCNC(=O)NCc1cc2ccc(F)cc2[nH]c1=O. The van der Waals surface area contributed by atoms with Gasteiger partial charge in [0.05, 0.1) is 5.52 Å². The third-order valence-corrected chi connectivity index (χ3v) is 4.57. The Labute approximate surface area is 134 Å². The summed E-state index contributed by atoms with van der Waals surface area (Å²) in [5.74, 6) is 0.519. The van der Waals surface area contributed by atoms with Gasteiger partial charge in [-0.15, -0.1) is 0 Å². The first-order valence-electron chi connectivity index (χ1n) is 7.17. The summed E-state index contributed by atoms with van der Waals surface area (Å²) in [4.78, 5) is 26.1. The third-order valence-electron chi connectivity index (χ3n) is 3.26. The fourth-order valence-electron chi connectivity index (χ4n) is 2.01. The molecule has 2 amide bonds. The minimum Gasteiger partial charge on any atom is -0.337 e. The second-order valence-electron chi connectivity index (χ2n) is 4.90. The number of halogens is 1. The van der Waals surface area contributed by atoms with Crippen LogP contribution in [0.2, 0.25) is 0 Å². The zero-order chi connectivity index (χ0) is 16.8. The quantitative estimate of drug-likeness (QED) is 0.739. The molecule has 0 fully saturated rings. The first-order valence-corrected chi connectivity index (χ1v) is 8.66. The molecule has 0 saturated carbocycles. The standard InChI is InChI=1S/C15H18FN3O3S/c1-2-23(22)6-5-17-15(21)18-9-11-7-10-3-4-12(16)8-13(10)19-14(11)20/h3-4,7-8H,2,5-6,9H2,1H3,(H,19,20)(H2,17,18,21). The van der Waals surface area contributed by atoms with Gasteiger partial charge in [0.1, 0.15) is 5.82 Å². The van der Waals surface area contributed by atoms with Gasteiger partial charge >= 0.3 is 6.03 Å². The van der Waals surface area contributed by atoms with E-state index in [2.05, 4.69) is 15.6 Å². The second kappa shape index (κ2) is 7.87. The number of carbonyl (C=O) groups excluding carboxylic acids is 1. The smallest absolute Gasteiger partial charge is 0.315 e. The molecule has 1 heterocycles. The van der Waals surface area contributed by atoms with Crippen LogP contribution < -0.4 is 16.2 Å². The van der Waals surface area contributed by atoms with Crippen molar-refractivity contribution < 1.29 is 13.4 Å². The topological polar surface area (TPSA) is 91.1 Å². The maximum Gasteiger partial charge on any atom is 0.315 e. The molecule has 3 N–H and O–H groups in total. The molecule has 2 aromatic rings. The van der Waals surface area contributed by atoms with Crippen molar-refractivity contribution in [2.75, 3.05) is 18.1 Å². The molecule has 0 radical (unpaired) electrons. The lowest BCUT2D eigenvalue weighted by Gasteiger charge is -2.08. The van der Waals surface area contributed by atoms with E-state index in [1.807, 2.05) is 6.92 Å². The van der Waals surface area contributed by atoms with Crippen LogP contribution >= 0.6 is 0 Å². The Bertz CT molecular complexity index is 791. The second-order valence-corrected chi connectivity index (χ2v) is 6.76. The maximum absolute atomic E-state index is 13.1.